The first-order valence-electron chi connectivity index (χ1n) is 7.32. The summed E-state index contributed by atoms with van der Waals surface area (Å²) in [7, 11) is 1.59. The van der Waals surface area contributed by atoms with E-state index in [1.807, 2.05) is 12.1 Å². The Hall–Kier alpha value is -3.16. The predicted octanol–water partition coefficient (Wildman–Crippen LogP) is 3.03. The van der Waals surface area contributed by atoms with E-state index in [1.54, 1.807) is 7.11 Å². The van der Waals surface area contributed by atoms with Gasteiger partial charge in [-0.1, -0.05) is 19.0 Å². The number of nitrogens with two attached hydrogens (primary N) is 1. The van der Waals surface area contributed by atoms with Gasteiger partial charge >= 0.3 is 0 Å². The van der Waals surface area contributed by atoms with Crippen LogP contribution in [0.15, 0.2) is 35.4 Å². The average molecular weight is 327 g/mol. The van der Waals surface area contributed by atoms with Crippen molar-refractivity contribution in [3.63, 3.8) is 0 Å². The second kappa shape index (κ2) is 6.53. The molecular formula is C16H17N5O3. The zero-order valence-electron chi connectivity index (χ0n) is 13.6. The molecule has 0 aliphatic carbocycles. The normalized spacial score (nSPS) is 10.8. The molecule has 0 amide bonds. The standard InChI is InChI=1S/C16H17N5O3/c1-9(2)11-4-13(22-3)12(15-20-8-23-21-15)5-14(11)24-10-6-18-16(17)19-7-10/h4-9H,1-3H3,(H2,17,18,19). The zero-order chi connectivity index (χ0) is 17.1. The fourth-order valence-electron chi connectivity index (χ4n) is 2.25. The molecule has 3 rings (SSSR count). The maximum Gasteiger partial charge on any atom is 0.220 e. The SMILES string of the molecule is COc1cc(C(C)C)c(Oc2cnc(N)nc2)cc1-c1ncon1. The minimum Gasteiger partial charge on any atom is -0.496 e. The Morgan fingerprint density at radius 1 is 1.08 bits per heavy atom. The number of nitrogens with zero attached hydrogens (tertiary/aromatic N) is 4. The summed E-state index contributed by atoms with van der Waals surface area (Å²) in [5.41, 5.74) is 7.14. The van der Waals surface area contributed by atoms with Gasteiger partial charge < -0.3 is 19.7 Å². The number of hydrogen-bond acceptors (Lipinski definition) is 8. The van der Waals surface area contributed by atoms with Crippen LogP contribution in [-0.2, 0) is 0 Å². The van der Waals surface area contributed by atoms with Crippen LogP contribution in [0, 0.1) is 0 Å². The fraction of sp³-hybridized carbons (Fsp3) is 0.250. The third-order valence-corrected chi connectivity index (χ3v) is 3.43. The summed E-state index contributed by atoms with van der Waals surface area (Å²) in [6, 6.07) is 3.72. The number of aromatic nitrogens is 4. The number of benzene rings is 1. The molecule has 0 bridgehead atoms. The van der Waals surface area contributed by atoms with Gasteiger partial charge in [-0.3, -0.25) is 0 Å². The van der Waals surface area contributed by atoms with E-state index in [0.717, 1.165) is 5.56 Å². The monoisotopic (exact) mass is 327 g/mol. The predicted molar refractivity (Wildman–Crippen MR) is 86.9 cm³/mol. The molecule has 0 fully saturated rings. The Labute approximate surface area is 138 Å². The van der Waals surface area contributed by atoms with E-state index >= 15 is 0 Å². The van der Waals surface area contributed by atoms with E-state index in [-0.39, 0.29) is 11.9 Å². The van der Waals surface area contributed by atoms with Gasteiger partial charge in [0, 0.05) is 5.56 Å². The first-order chi connectivity index (χ1) is 11.6. The summed E-state index contributed by atoms with van der Waals surface area (Å²) >= 11 is 0. The van der Waals surface area contributed by atoms with Crippen LogP contribution in [0.25, 0.3) is 11.4 Å². The Bertz CT molecular complexity index is 816. The second-order valence-electron chi connectivity index (χ2n) is 5.38. The minimum absolute atomic E-state index is 0.189. The van der Waals surface area contributed by atoms with Crippen LogP contribution in [0.1, 0.15) is 25.3 Å². The highest BCUT2D eigenvalue weighted by Crippen LogP contribution is 2.39. The molecule has 124 valence electrons. The minimum atomic E-state index is 0.189. The molecule has 0 aliphatic heterocycles. The van der Waals surface area contributed by atoms with Crippen LogP contribution >= 0.6 is 0 Å². The second-order valence-corrected chi connectivity index (χ2v) is 5.38. The van der Waals surface area contributed by atoms with E-state index in [9.17, 15) is 0 Å². The summed E-state index contributed by atoms with van der Waals surface area (Å²) in [6.07, 6.45) is 4.30. The van der Waals surface area contributed by atoms with Crippen molar-refractivity contribution in [2.75, 3.05) is 12.8 Å². The Kier molecular flexibility index (Phi) is 4.28. The molecule has 0 saturated carbocycles. The largest absolute Gasteiger partial charge is 0.496 e. The lowest BCUT2D eigenvalue weighted by Gasteiger charge is -2.17. The first-order valence-corrected chi connectivity index (χ1v) is 7.32. The van der Waals surface area contributed by atoms with Gasteiger partial charge in [-0.25, -0.2) is 9.97 Å². The topological polar surface area (TPSA) is 109 Å². The van der Waals surface area contributed by atoms with Gasteiger partial charge in [0.1, 0.15) is 11.5 Å². The molecule has 0 unspecified atom stereocenters. The highest BCUT2D eigenvalue weighted by molar-refractivity contribution is 5.68. The van der Waals surface area contributed by atoms with Gasteiger partial charge in [0.2, 0.25) is 18.2 Å². The maximum absolute atomic E-state index is 5.94. The maximum atomic E-state index is 5.94. The van der Waals surface area contributed by atoms with Gasteiger partial charge in [0.05, 0.1) is 25.1 Å². The highest BCUT2D eigenvalue weighted by Gasteiger charge is 2.18. The van der Waals surface area contributed by atoms with Gasteiger partial charge in [-0.05, 0) is 18.1 Å². The molecule has 2 aromatic heterocycles. The molecule has 0 radical (unpaired) electrons. The molecule has 2 heterocycles. The van der Waals surface area contributed by atoms with Crippen LogP contribution in [0.2, 0.25) is 0 Å². The van der Waals surface area contributed by atoms with E-state index in [2.05, 4.69) is 34.0 Å². The molecule has 8 heteroatoms. The summed E-state index contributed by atoms with van der Waals surface area (Å²) < 4.78 is 16.2. The third-order valence-electron chi connectivity index (χ3n) is 3.43. The summed E-state index contributed by atoms with van der Waals surface area (Å²) in [5.74, 6) is 2.58. The van der Waals surface area contributed by atoms with Crippen LogP contribution in [-0.4, -0.2) is 27.2 Å². The Morgan fingerprint density at radius 3 is 2.42 bits per heavy atom. The van der Waals surface area contributed by atoms with Crippen LogP contribution in [0.3, 0.4) is 0 Å². The van der Waals surface area contributed by atoms with Crippen molar-refractivity contribution < 1.29 is 14.0 Å². The Balaban J connectivity index is 2.08. The van der Waals surface area contributed by atoms with Crippen LogP contribution < -0.4 is 15.2 Å². The van der Waals surface area contributed by atoms with E-state index in [1.165, 1.54) is 18.8 Å². The lowest BCUT2D eigenvalue weighted by Crippen LogP contribution is -2.00. The summed E-state index contributed by atoms with van der Waals surface area (Å²) in [5, 5.41) is 3.87. The molecule has 0 spiro atoms. The van der Waals surface area contributed by atoms with E-state index in [4.69, 9.17) is 19.7 Å². The lowest BCUT2D eigenvalue weighted by atomic mass is 9.99. The highest BCUT2D eigenvalue weighted by atomic mass is 16.5. The molecule has 0 atom stereocenters. The average Bonchev–Trinajstić information content (AvgIpc) is 3.10. The number of hydrogen-bond donors (Lipinski definition) is 1. The lowest BCUT2D eigenvalue weighted by molar-refractivity contribution is 0.407. The molecule has 8 nitrogen and oxygen atoms in total. The van der Waals surface area contributed by atoms with Gasteiger partial charge in [0.15, 0.2) is 5.75 Å². The third kappa shape index (κ3) is 3.12. The molecule has 3 aromatic rings. The van der Waals surface area contributed by atoms with Crippen molar-refractivity contribution >= 4 is 5.95 Å². The number of ether oxygens (including phenoxy) is 2. The molecule has 0 saturated heterocycles. The van der Waals surface area contributed by atoms with Crippen molar-refractivity contribution in [1.29, 1.82) is 0 Å². The van der Waals surface area contributed by atoms with Crippen molar-refractivity contribution in [2.24, 2.45) is 0 Å². The number of anilines is 1. The van der Waals surface area contributed by atoms with Gasteiger partial charge in [-0.2, -0.15) is 4.98 Å². The van der Waals surface area contributed by atoms with Crippen molar-refractivity contribution in [2.45, 2.75) is 19.8 Å². The quantitative estimate of drug-likeness (QED) is 0.761. The molecule has 1 aromatic carbocycles. The zero-order valence-corrected chi connectivity index (χ0v) is 13.6. The molecule has 2 N–H and O–H groups in total. The van der Waals surface area contributed by atoms with E-state index < -0.39 is 0 Å². The summed E-state index contributed by atoms with van der Waals surface area (Å²) in [6.45, 7) is 4.13. The molecular weight excluding hydrogens is 310 g/mol. The molecule has 0 aliphatic rings. The van der Waals surface area contributed by atoms with Crippen LogP contribution in [0.4, 0.5) is 5.95 Å². The Morgan fingerprint density at radius 2 is 1.83 bits per heavy atom. The van der Waals surface area contributed by atoms with Gasteiger partial charge in [0.25, 0.3) is 0 Å². The van der Waals surface area contributed by atoms with E-state index in [0.29, 0.717) is 28.6 Å². The van der Waals surface area contributed by atoms with Gasteiger partial charge in [-0.15, -0.1) is 0 Å². The van der Waals surface area contributed by atoms with Crippen molar-refractivity contribution in [3.8, 4) is 28.6 Å². The van der Waals surface area contributed by atoms with Crippen LogP contribution in [0.5, 0.6) is 17.2 Å². The number of rotatable bonds is 5. The first kappa shape index (κ1) is 15.7. The number of nitrogen functional groups attached to an aromatic ring is 1. The number of methoxy groups -OCH3 is 1. The molecule has 24 heavy (non-hydrogen) atoms. The summed E-state index contributed by atoms with van der Waals surface area (Å²) in [4.78, 5) is 11.9. The van der Waals surface area contributed by atoms with Crippen molar-refractivity contribution in [1.82, 2.24) is 20.1 Å². The fourth-order valence-corrected chi connectivity index (χ4v) is 2.25. The smallest absolute Gasteiger partial charge is 0.220 e. The van der Waals surface area contributed by atoms with Crippen molar-refractivity contribution in [3.05, 3.63) is 36.5 Å².